The Balaban J connectivity index is 1.56. The van der Waals surface area contributed by atoms with Crippen molar-refractivity contribution in [2.45, 2.75) is 26.2 Å². The summed E-state index contributed by atoms with van der Waals surface area (Å²) in [5, 5.41) is 6.04. The Kier molecular flexibility index (Phi) is 6.02. The molecule has 4 aromatic rings. The molecule has 2 heterocycles. The van der Waals surface area contributed by atoms with Gasteiger partial charge in [-0.25, -0.2) is 9.97 Å². The lowest BCUT2D eigenvalue weighted by atomic mass is 9.87. The van der Waals surface area contributed by atoms with E-state index in [4.69, 9.17) is 15.5 Å². The Hall–Kier alpha value is -3.91. The third-order valence-electron chi connectivity index (χ3n) is 5.26. The number of benzene rings is 2. The molecule has 0 atom stereocenters. The maximum Gasteiger partial charge on any atom is 0.239 e. The van der Waals surface area contributed by atoms with E-state index in [-0.39, 0.29) is 17.9 Å². The van der Waals surface area contributed by atoms with Crippen LogP contribution in [0.5, 0.6) is 11.5 Å². The lowest BCUT2D eigenvalue weighted by molar-refractivity contribution is -0.114. The maximum atomic E-state index is 11.5. The van der Waals surface area contributed by atoms with E-state index < -0.39 is 0 Å². The highest BCUT2D eigenvalue weighted by atomic mass is 16.5. The SMILES string of the molecule is Cn1c(Nc2cccc(C(C)(C)C)c2)nc2cc(Oc3ccnc(NC(=O)CN)c3)ccc21. The fraction of sp³-hybridized carbons (Fsp3) is 0.240. The number of ether oxygens (including phenoxy) is 1. The average Bonchev–Trinajstić information content (AvgIpc) is 3.08. The Bertz CT molecular complexity index is 1310. The number of amides is 1. The number of aryl methyl sites for hydroxylation is 1. The molecule has 2 aromatic carbocycles. The second-order valence-corrected chi connectivity index (χ2v) is 8.83. The number of carbonyl (C=O) groups is 1. The van der Waals surface area contributed by atoms with Crippen LogP contribution in [0.25, 0.3) is 11.0 Å². The molecule has 0 radical (unpaired) electrons. The third kappa shape index (κ3) is 5.12. The number of pyridine rings is 1. The van der Waals surface area contributed by atoms with Crippen molar-refractivity contribution in [1.82, 2.24) is 14.5 Å². The van der Waals surface area contributed by atoms with Crippen LogP contribution in [0, 0.1) is 0 Å². The van der Waals surface area contributed by atoms with Gasteiger partial charge in [0, 0.05) is 31.1 Å². The highest BCUT2D eigenvalue weighted by Gasteiger charge is 2.15. The predicted octanol–water partition coefficient (Wildman–Crippen LogP) is 4.70. The molecule has 33 heavy (non-hydrogen) atoms. The van der Waals surface area contributed by atoms with Crippen molar-refractivity contribution in [3.63, 3.8) is 0 Å². The second kappa shape index (κ2) is 8.91. The minimum absolute atomic E-state index is 0.0657. The van der Waals surface area contributed by atoms with E-state index >= 15 is 0 Å². The summed E-state index contributed by atoms with van der Waals surface area (Å²) < 4.78 is 7.98. The fourth-order valence-electron chi connectivity index (χ4n) is 3.42. The average molecular weight is 445 g/mol. The van der Waals surface area contributed by atoms with Gasteiger partial charge in [-0.05, 0) is 41.3 Å². The van der Waals surface area contributed by atoms with E-state index in [1.54, 1.807) is 18.3 Å². The summed E-state index contributed by atoms with van der Waals surface area (Å²) in [6, 6.07) is 17.5. The van der Waals surface area contributed by atoms with Crippen molar-refractivity contribution in [2.75, 3.05) is 17.2 Å². The second-order valence-electron chi connectivity index (χ2n) is 8.83. The molecule has 0 aliphatic carbocycles. The number of nitrogens with one attached hydrogen (secondary N) is 2. The van der Waals surface area contributed by atoms with Crippen LogP contribution < -0.4 is 21.1 Å². The summed E-state index contributed by atoms with van der Waals surface area (Å²) in [6.07, 6.45) is 1.56. The number of nitrogens with two attached hydrogens (primary N) is 1. The molecule has 170 valence electrons. The van der Waals surface area contributed by atoms with Gasteiger partial charge in [-0.3, -0.25) is 4.79 Å². The largest absolute Gasteiger partial charge is 0.457 e. The van der Waals surface area contributed by atoms with Crippen LogP contribution in [0.1, 0.15) is 26.3 Å². The van der Waals surface area contributed by atoms with Crippen LogP contribution in [0.4, 0.5) is 17.5 Å². The number of hydrogen-bond acceptors (Lipinski definition) is 6. The molecule has 0 spiro atoms. The van der Waals surface area contributed by atoms with Gasteiger partial charge in [0.25, 0.3) is 0 Å². The number of carbonyl (C=O) groups excluding carboxylic acids is 1. The Morgan fingerprint density at radius 2 is 1.88 bits per heavy atom. The minimum atomic E-state index is -0.317. The van der Waals surface area contributed by atoms with Gasteiger partial charge in [0.2, 0.25) is 11.9 Å². The molecule has 4 rings (SSSR count). The molecule has 2 aromatic heterocycles. The summed E-state index contributed by atoms with van der Waals surface area (Å²) in [7, 11) is 1.97. The number of rotatable bonds is 6. The lowest BCUT2D eigenvalue weighted by Gasteiger charge is -2.20. The van der Waals surface area contributed by atoms with Crippen molar-refractivity contribution in [3.8, 4) is 11.5 Å². The van der Waals surface area contributed by atoms with Gasteiger partial charge in [0.1, 0.15) is 17.3 Å². The molecule has 0 aliphatic rings. The number of imidazole rings is 1. The van der Waals surface area contributed by atoms with Crippen LogP contribution in [-0.4, -0.2) is 27.0 Å². The molecule has 0 saturated heterocycles. The van der Waals surface area contributed by atoms with Gasteiger partial charge in [0.15, 0.2) is 0 Å². The minimum Gasteiger partial charge on any atom is -0.457 e. The number of anilines is 3. The molecule has 8 nitrogen and oxygen atoms in total. The number of nitrogens with zero attached hydrogens (tertiary/aromatic N) is 3. The smallest absolute Gasteiger partial charge is 0.239 e. The van der Waals surface area contributed by atoms with Gasteiger partial charge in [-0.1, -0.05) is 32.9 Å². The summed E-state index contributed by atoms with van der Waals surface area (Å²) in [6.45, 7) is 6.47. The van der Waals surface area contributed by atoms with Crippen molar-refractivity contribution in [1.29, 1.82) is 0 Å². The zero-order chi connectivity index (χ0) is 23.6. The molecule has 0 fully saturated rings. The van der Waals surface area contributed by atoms with E-state index in [1.165, 1.54) is 5.56 Å². The zero-order valence-corrected chi connectivity index (χ0v) is 19.2. The Labute approximate surface area is 192 Å². The number of fused-ring (bicyclic) bond motifs is 1. The highest BCUT2D eigenvalue weighted by Crippen LogP contribution is 2.30. The normalized spacial score (nSPS) is 11.4. The van der Waals surface area contributed by atoms with Crippen molar-refractivity contribution in [3.05, 3.63) is 66.4 Å². The lowest BCUT2D eigenvalue weighted by Crippen LogP contribution is -2.22. The Morgan fingerprint density at radius 3 is 2.64 bits per heavy atom. The molecule has 8 heteroatoms. The predicted molar refractivity (Wildman–Crippen MR) is 131 cm³/mol. The van der Waals surface area contributed by atoms with E-state index in [2.05, 4.69) is 54.6 Å². The van der Waals surface area contributed by atoms with Crippen molar-refractivity contribution < 1.29 is 9.53 Å². The molecule has 1 amide bonds. The monoisotopic (exact) mass is 444 g/mol. The molecule has 0 bridgehead atoms. The number of aromatic nitrogens is 3. The van der Waals surface area contributed by atoms with Gasteiger partial charge in [-0.15, -0.1) is 0 Å². The molecular formula is C25H28N6O2. The highest BCUT2D eigenvalue weighted by molar-refractivity contribution is 5.91. The van der Waals surface area contributed by atoms with Crippen molar-refractivity contribution in [2.24, 2.45) is 12.8 Å². The first kappa shape index (κ1) is 22.3. The van der Waals surface area contributed by atoms with Crippen LogP contribution in [0.3, 0.4) is 0 Å². The molecule has 0 aliphatic heterocycles. The van der Waals surface area contributed by atoms with Gasteiger partial charge >= 0.3 is 0 Å². The third-order valence-corrected chi connectivity index (χ3v) is 5.26. The van der Waals surface area contributed by atoms with Crippen molar-refractivity contribution >= 4 is 34.4 Å². The first-order chi connectivity index (χ1) is 15.7. The molecule has 4 N–H and O–H groups in total. The summed E-state index contributed by atoms with van der Waals surface area (Å²) in [5.74, 6) is 1.98. The molecular weight excluding hydrogens is 416 g/mol. The quantitative estimate of drug-likeness (QED) is 0.398. The molecule has 0 unspecified atom stereocenters. The van der Waals surface area contributed by atoms with Crippen LogP contribution in [0.2, 0.25) is 0 Å². The fourth-order valence-corrected chi connectivity index (χ4v) is 3.42. The van der Waals surface area contributed by atoms with Crippen LogP contribution >= 0.6 is 0 Å². The van der Waals surface area contributed by atoms with Gasteiger partial charge in [-0.2, -0.15) is 0 Å². The van der Waals surface area contributed by atoms with Gasteiger partial charge < -0.3 is 25.7 Å². The van der Waals surface area contributed by atoms with Crippen LogP contribution in [-0.2, 0) is 17.3 Å². The first-order valence-electron chi connectivity index (χ1n) is 10.7. The summed E-state index contributed by atoms with van der Waals surface area (Å²) in [5.41, 5.74) is 9.42. The zero-order valence-electron chi connectivity index (χ0n) is 19.2. The first-order valence-corrected chi connectivity index (χ1v) is 10.7. The standard InChI is InChI=1S/C25H28N6O2/c1-25(2,3)16-6-5-7-17(12-16)28-24-29-20-13-18(8-9-21(20)31(24)4)33-19-10-11-27-22(14-19)30-23(32)15-26/h5-14H,15,26H2,1-4H3,(H,28,29)(H,27,30,32). The maximum absolute atomic E-state index is 11.5. The Morgan fingerprint density at radius 1 is 1.09 bits per heavy atom. The van der Waals surface area contributed by atoms with E-state index in [9.17, 15) is 4.79 Å². The summed E-state index contributed by atoms with van der Waals surface area (Å²) in [4.78, 5) is 20.4. The van der Waals surface area contributed by atoms with Gasteiger partial charge in [0.05, 0.1) is 17.6 Å². The summed E-state index contributed by atoms with van der Waals surface area (Å²) >= 11 is 0. The van der Waals surface area contributed by atoms with E-state index in [0.29, 0.717) is 17.3 Å². The molecule has 0 saturated carbocycles. The van der Waals surface area contributed by atoms with E-state index in [0.717, 1.165) is 22.7 Å². The number of hydrogen-bond donors (Lipinski definition) is 3. The van der Waals surface area contributed by atoms with Crippen LogP contribution in [0.15, 0.2) is 60.8 Å². The van der Waals surface area contributed by atoms with E-state index in [1.807, 2.05) is 35.9 Å². The topological polar surface area (TPSA) is 107 Å².